The van der Waals surface area contributed by atoms with E-state index in [1.165, 1.54) is 11.3 Å². The zero-order valence-electron chi connectivity index (χ0n) is 17.1. The van der Waals surface area contributed by atoms with Crippen LogP contribution in [-0.4, -0.2) is 64.4 Å². The summed E-state index contributed by atoms with van der Waals surface area (Å²) in [6, 6.07) is 1.69. The highest BCUT2D eigenvalue weighted by Crippen LogP contribution is 2.37. The Hall–Kier alpha value is -2.08. The van der Waals surface area contributed by atoms with Gasteiger partial charge in [-0.3, -0.25) is 24.6 Å². The molecule has 0 radical (unpaired) electrons. The SMILES string of the molecule is Cc1sc(C2CCCN2C(=O)CN(C)CCC(=O)O)cc1C(=O)Nc1ncc(F)s1.Cl. The van der Waals surface area contributed by atoms with Crippen molar-refractivity contribution in [3.05, 3.63) is 32.7 Å². The van der Waals surface area contributed by atoms with Crippen LogP contribution in [0.2, 0.25) is 0 Å². The van der Waals surface area contributed by atoms with Crippen LogP contribution in [0.3, 0.4) is 0 Å². The van der Waals surface area contributed by atoms with Crippen LogP contribution in [0.15, 0.2) is 12.3 Å². The predicted molar refractivity (Wildman–Crippen MR) is 120 cm³/mol. The number of aryl methyl sites for hydroxylation is 1. The second-order valence-corrected chi connectivity index (χ2v) is 9.44. The van der Waals surface area contributed by atoms with Crippen molar-refractivity contribution >= 4 is 58.0 Å². The van der Waals surface area contributed by atoms with E-state index in [1.54, 1.807) is 22.9 Å². The van der Waals surface area contributed by atoms with Gasteiger partial charge in [-0.2, -0.15) is 4.39 Å². The highest BCUT2D eigenvalue weighted by atomic mass is 35.5. The van der Waals surface area contributed by atoms with Gasteiger partial charge in [-0.15, -0.1) is 23.7 Å². The summed E-state index contributed by atoms with van der Waals surface area (Å²) in [6.45, 7) is 2.93. The number of carboxylic acids is 1. The highest BCUT2D eigenvalue weighted by molar-refractivity contribution is 7.14. The number of amides is 2. The molecule has 3 heterocycles. The topological polar surface area (TPSA) is 103 Å². The minimum absolute atomic E-state index is 0. The Kier molecular flexibility index (Phi) is 8.92. The Bertz CT molecular complexity index is 951. The maximum Gasteiger partial charge on any atom is 0.304 e. The van der Waals surface area contributed by atoms with Gasteiger partial charge in [-0.05, 0) is 32.9 Å². The molecule has 1 atom stereocenters. The van der Waals surface area contributed by atoms with Gasteiger partial charge >= 0.3 is 5.97 Å². The van der Waals surface area contributed by atoms with Gasteiger partial charge < -0.3 is 10.0 Å². The number of carbonyl (C=O) groups excluding carboxylic acids is 2. The summed E-state index contributed by atoms with van der Waals surface area (Å²) >= 11 is 2.24. The van der Waals surface area contributed by atoms with E-state index in [0.29, 0.717) is 18.7 Å². The molecule has 0 aromatic carbocycles. The summed E-state index contributed by atoms with van der Waals surface area (Å²) in [7, 11) is 1.73. The van der Waals surface area contributed by atoms with Gasteiger partial charge in [-0.1, -0.05) is 11.3 Å². The molecule has 3 rings (SSSR count). The predicted octanol–water partition coefficient (Wildman–Crippen LogP) is 3.40. The van der Waals surface area contributed by atoms with Crippen molar-refractivity contribution in [1.82, 2.24) is 14.8 Å². The third kappa shape index (κ3) is 6.45. The average Bonchev–Trinajstić information content (AvgIpc) is 3.39. The number of rotatable bonds is 8. The van der Waals surface area contributed by atoms with E-state index in [2.05, 4.69) is 10.3 Å². The number of thiazole rings is 1. The molecule has 1 aliphatic rings. The summed E-state index contributed by atoms with van der Waals surface area (Å²) in [6.07, 6.45) is 2.72. The smallest absolute Gasteiger partial charge is 0.304 e. The Labute approximate surface area is 193 Å². The molecular formula is C19H24ClFN4O4S2. The summed E-state index contributed by atoms with van der Waals surface area (Å²) < 4.78 is 13.1. The lowest BCUT2D eigenvalue weighted by atomic mass is 10.1. The fourth-order valence-corrected chi connectivity index (χ4v) is 5.13. The molecule has 1 unspecified atom stereocenters. The molecule has 2 amide bonds. The van der Waals surface area contributed by atoms with Gasteiger partial charge in [0.25, 0.3) is 5.91 Å². The maximum absolute atomic E-state index is 13.1. The van der Waals surface area contributed by atoms with Crippen molar-refractivity contribution in [1.29, 1.82) is 0 Å². The van der Waals surface area contributed by atoms with Crippen LogP contribution in [0.25, 0.3) is 0 Å². The number of carboxylic acid groups (broad SMARTS) is 1. The lowest BCUT2D eigenvalue weighted by molar-refractivity contribution is -0.138. The Morgan fingerprint density at radius 2 is 2.13 bits per heavy atom. The first-order valence-electron chi connectivity index (χ1n) is 9.47. The normalized spacial score (nSPS) is 15.7. The van der Waals surface area contributed by atoms with Crippen molar-refractivity contribution < 1.29 is 23.9 Å². The van der Waals surface area contributed by atoms with E-state index in [1.807, 2.05) is 6.92 Å². The lowest BCUT2D eigenvalue weighted by Crippen LogP contribution is -2.39. The Morgan fingerprint density at radius 1 is 1.39 bits per heavy atom. The molecule has 2 N–H and O–H groups in total. The fraction of sp³-hybridized carbons (Fsp3) is 0.474. The van der Waals surface area contributed by atoms with E-state index in [9.17, 15) is 18.8 Å². The number of thiophene rings is 1. The number of halogens is 2. The zero-order valence-corrected chi connectivity index (χ0v) is 19.5. The molecule has 0 bridgehead atoms. The van der Waals surface area contributed by atoms with E-state index in [-0.39, 0.29) is 48.4 Å². The zero-order chi connectivity index (χ0) is 21.8. The first kappa shape index (κ1) is 25.2. The van der Waals surface area contributed by atoms with Crippen molar-refractivity contribution in [2.24, 2.45) is 0 Å². The van der Waals surface area contributed by atoms with Crippen LogP contribution < -0.4 is 5.32 Å². The average molecular weight is 491 g/mol. The van der Waals surface area contributed by atoms with Gasteiger partial charge in [0.05, 0.1) is 30.8 Å². The van der Waals surface area contributed by atoms with Crippen LogP contribution in [-0.2, 0) is 9.59 Å². The van der Waals surface area contributed by atoms with Gasteiger partial charge in [0.2, 0.25) is 5.91 Å². The largest absolute Gasteiger partial charge is 0.481 e. The second-order valence-electron chi connectivity index (χ2n) is 7.17. The number of nitrogens with zero attached hydrogens (tertiary/aromatic N) is 3. The van der Waals surface area contributed by atoms with Gasteiger partial charge in [-0.25, -0.2) is 4.98 Å². The van der Waals surface area contributed by atoms with Gasteiger partial charge in [0.1, 0.15) is 0 Å². The number of hydrogen-bond acceptors (Lipinski definition) is 7. The van der Waals surface area contributed by atoms with Crippen LogP contribution >= 0.6 is 35.1 Å². The van der Waals surface area contributed by atoms with E-state index in [4.69, 9.17) is 5.11 Å². The summed E-state index contributed by atoms with van der Waals surface area (Å²) in [5.74, 6) is -1.30. The number of likely N-dealkylation sites (N-methyl/N-ethyl adjacent to an activating group) is 1. The number of aromatic nitrogens is 1. The molecule has 12 heteroatoms. The highest BCUT2D eigenvalue weighted by Gasteiger charge is 2.32. The molecule has 2 aromatic heterocycles. The second kappa shape index (κ2) is 11.0. The minimum Gasteiger partial charge on any atom is -0.481 e. The number of nitrogens with one attached hydrogen (secondary N) is 1. The number of aliphatic carboxylic acids is 1. The monoisotopic (exact) mass is 490 g/mol. The fourth-order valence-electron chi connectivity index (χ4n) is 3.42. The Balaban J connectivity index is 0.00000341. The van der Waals surface area contributed by atoms with Crippen LogP contribution in [0.1, 0.15) is 45.4 Å². The third-order valence-corrected chi connectivity index (χ3v) is 6.75. The lowest BCUT2D eigenvalue weighted by Gasteiger charge is -2.26. The van der Waals surface area contributed by atoms with Crippen molar-refractivity contribution in [3.8, 4) is 0 Å². The van der Waals surface area contributed by atoms with Crippen LogP contribution in [0.4, 0.5) is 9.52 Å². The minimum atomic E-state index is -0.895. The number of carbonyl (C=O) groups is 3. The molecule has 0 spiro atoms. The van der Waals surface area contributed by atoms with E-state index < -0.39 is 11.1 Å². The van der Waals surface area contributed by atoms with Crippen molar-refractivity contribution in [3.63, 3.8) is 0 Å². The van der Waals surface area contributed by atoms with Gasteiger partial charge in [0.15, 0.2) is 10.3 Å². The standard InChI is InChI=1S/C19H23FN4O4S2.ClH/c1-11-12(18(28)22-19-21-9-15(20)30-19)8-14(29-11)13-4-3-6-24(13)16(25)10-23(2)7-5-17(26)27;/h8-9,13H,3-7,10H2,1-2H3,(H,26,27)(H,21,22,28);1H. The van der Waals surface area contributed by atoms with Crippen LogP contribution in [0, 0.1) is 12.1 Å². The molecule has 0 saturated carbocycles. The van der Waals surface area contributed by atoms with E-state index in [0.717, 1.165) is 40.1 Å². The molecule has 1 fully saturated rings. The third-order valence-electron chi connectivity index (χ3n) is 4.89. The van der Waals surface area contributed by atoms with E-state index >= 15 is 0 Å². The summed E-state index contributed by atoms with van der Waals surface area (Å²) in [5.41, 5.74) is 0.489. The summed E-state index contributed by atoms with van der Waals surface area (Å²) in [5, 5.41) is 11.1. The Morgan fingerprint density at radius 3 is 2.77 bits per heavy atom. The number of likely N-dealkylation sites (tertiary alicyclic amines) is 1. The van der Waals surface area contributed by atoms with Crippen LogP contribution in [0.5, 0.6) is 0 Å². The maximum atomic E-state index is 13.1. The molecule has 2 aromatic rings. The molecule has 31 heavy (non-hydrogen) atoms. The summed E-state index contributed by atoms with van der Waals surface area (Å²) in [4.78, 5) is 45.1. The molecule has 1 saturated heterocycles. The number of anilines is 1. The van der Waals surface area contributed by atoms with Crippen molar-refractivity contribution in [2.75, 3.05) is 32.0 Å². The number of hydrogen-bond donors (Lipinski definition) is 2. The first-order valence-corrected chi connectivity index (χ1v) is 11.1. The molecular weight excluding hydrogens is 467 g/mol. The molecule has 1 aliphatic heterocycles. The molecule has 0 aliphatic carbocycles. The van der Waals surface area contributed by atoms with Crippen molar-refractivity contribution in [2.45, 2.75) is 32.2 Å². The molecule has 170 valence electrons. The quantitative estimate of drug-likeness (QED) is 0.588. The van der Waals surface area contributed by atoms with Gasteiger partial charge in [0, 0.05) is 22.8 Å². The first-order chi connectivity index (χ1) is 14.2. The molecule has 8 nitrogen and oxygen atoms in total.